The molecule has 4 rings (SSSR count). The van der Waals surface area contributed by atoms with Crippen LogP contribution in [0.25, 0.3) is 0 Å². The molecule has 0 saturated carbocycles. The average Bonchev–Trinajstić information content (AvgIpc) is 3.33. The van der Waals surface area contributed by atoms with Gasteiger partial charge in [-0.3, -0.25) is 0 Å². The number of cyclic esters (lactones) is 2. The zero-order valence-corrected chi connectivity index (χ0v) is 22.1. The average molecular weight is 602 g/mol. The second-order valence-corrected chi connectivity index (χ2v) is 9.96. The maximum atomic E-state index is 12.7. The minimum atomic E-state index is -1.33. The molecule has 1 saturated heterocycles. The number of benzene rings is 2. The first kappa shape index (κ1) is 24.8. The Bertz CT molecular complexity index is 1240. The number of nitrogens with one attached hydrogen (secondary N) is 2. The normalized spacial score (nSPS) is 16.2. The largest absolute Gasteiger partial charge is 0.467 e. The molecule has 2 aromatic carbocycles. The number of ether oxygens (including phenoxy) is 2. The molecule has 0 amide bonds. The smallest absolute Gasteiger partial charge is 0.348 e. The van der Waals surface area contributed by atoms with Crippen LogP contribution in [0.5, 0.6) is 0 Å². The van der Waals surface area contributed by atoms with Crippen molar-refractivity contribution < 1.29 is 23.5 Å². The summed E-state index contributed by atoms with van der Waals surface area (Å²) in [5, 5.41) is 6.63. The van der Waals surface area contributed by atoms with E-state index in [4.69, 9.17) is 13.9 Å². The van der Waals surface area contributed by atoms with Gasteiger partial charge in [0.15, 0.2) is 0 Å². The van der Waals surface area contributed by atoms with Crippen molar-refractivity contribution in [2.24, 2.45) is 0 Å². The van der Waals surface area contributed by atoms with E-state index in [0.29, 0.717) is 11.3 Å². The van der Waals surface area contributed by atoms with Gasteiger partial charge >= 0.3 is 11.9 Å². The van der Waals surface area contributed by atoms with Gasteiger partial charge < -0.3 is 24.5 Å². The fraction of sp³-hybridized carbons (Fsp3) is 0.154. The summed E-state index contributed by atoms with van der Waals surface area (Å²) < 4.78 is 18.1. The van der Waals surface area contributed by atoms with Gasteiger partial charge in [0.25, 0.3) is 5.79 Å². The van der Waals surface area contributed by atoms with E-state index < -0.39 is 23.8 Å². The van der Waals surface area contributed by atoms with E-state index >= 15 is 0 Å². The lowest BCUT2D eigenvalue weighted by molar-refractivity contribution is -0.222. The van der Waals surface area contributed by atoms with Crippen LogP contribution in [0.3, 0.4) is 0 Å². The van der Waals surface area contributed by atoms with Crippen molar-refractivity contribution in [3.63, 3.8) is 0 Å². The van der Waals surface area contributed by atoms with Crippen LogP contribution in [0.1, 0.15) is 25.6 Å². The summed E-state index contributed by atoms with van der Waals surface area (Å²) in [4.78, 5) is 25.4. The Kier molecular flexibility index (Phi) is 7.47. The molecule has 9 heteroatoms. The molecular formula is C26H22Br2N2O5. The molecule has 7 nitrogen and oxygen atoms in total. The van der Waals surface area contributed by atoms with Gasteiger partial charge in [0.05, 0.1) is 6.26 Å². The summed E-state index contributed by atoms with van der Waals surface area (Å²) in [6.07, 6.45) is 4.71. The molecule has 2 heterocycles. The fourth-order valence-corrected chi connectivity index (χ4v) is 3.88. The Labute approximate surface area is 219 Å². The van der Waals surface area contributed by atoms with Gasteiger partial charge in [0, 0.05) is 40.4 Å². The Hall–Kier alpha value is -3.30. The van der Waals surface area contributed by atoms with Gasteiger partial charge in [-0.15, -0.1) is 0 Å². The van der Waals surface area contributed by atoms with Crippen molar-refractivity contribution in [2.45, 2.75) is 25.7 Å². The van der Waals surface area contributed by atoms with Crippen LogP contribution in [-0.2, 0) is 19.1 Å². The Balaban J connectivity index is 1.76. The van der Waals surface area contributed by atoms with Gasteiger partial charge in [0.1, 0.15) is 17.4 Å². The second-order valence-electron chi connectivity index (χ2n) is 8.13. The molecule has 180 valence electrons. The van der Waals surface area contributed by atoms with Crippen LogP contribution in [0.15, 0.2) is 104 Å². The first-order valence-electron chi connectivity index (χ1n) is 10.7. The van der Waals surface area contributed by atoms with E-state index in [9.17, 15) is 9.59 Å². The molecule has 1 aliphatic rings. The number of carbonyl (C=O) groups excluding carboxylic acids is 2. The third-order valence-corrected chi connectivity index (χ3v) is 6.05. The number of hydrogen-bond donors (Lipinski definition) is 2. The van der Waals surface area contributed by atoms with Crippen LogP contribution in [0.4, 0.5) is 11.4 Å². The summed E-state index contributed by atoms with van der Waals surface area (Å²) in [7, 11) is 0. The highest BCUT2D eigenvalue weighted by Gasteiger charge is 2.39. The SMILES string of the molecule is CC1(C)OC(=O)C(=CC(=CNc2ccc(Br)cc2)C(Nc2ccc(Br)cc2)c2ccco2)C(=O)O1. The maximum Gasteiger partial charge on any atom is 0.348 e. The van der Waals surface area contributed by atoms with Crippen LogP contribution in [-0.4, -0.2) is 17.7 Å². The Morgan fingerprint density at radius 2 is 1.46 bits per heavy atom. The Morgan fingerprint density at radius 1 is 0.886 bits per heavy atom. The fourth-order valence-electron chi connectivity index (χ4n) is 3.35. The van der Waals surface area contributed by atoms with Gasteiger partial charge in [-0.1, -0.05) is 31.9 Å². The monoisotopic (exact) mass is 600 g/mol. The minimum absolute atomic E-state index is 0.220. The standard InChI is InChI=1S/C26H22Br2N2O5/c1-26(2)34-24(31)21(25(32)35-26)14-16(15-29-19-9-5-17(27)6-10-19)23(22-4-3-13-33-22)30-20-11-7-18(28)8-12-20/h3-15,23,29-30H,1-2H3. The molecule has 0 radical (unpaired) electrons. The molecule has 0 aliphatic carbocycles. The Morgan fingerprint density at radius 3 is 2.00 bits per heavy atom. The molecule has 2 N–H and O–H groups in total. The molecular weight excluding hydrogens is 580 g/mol. The number of carbonyl (C=O) groups is 2. The van der Waals surface area contributed by atoms with Crippen molar-refractivity contribution in [3.8, 4) is 0 Å². The van der Waals surface area contributed by atoms with Gasteiger partial charge in [0.2, 0.25) is 0 Å². The predicted octanol–water partition coefficient (Wildman–Crippen LogP) is 6.72. The van der Waals surface area contributed by atoms with Crippen LogP contribution in [0.2, 0.25) is 0 Å². The molecule has 0 bridgehead atoms. The first-order chi connectivity index (χ1) is 16.7. The lowest BCUT2D eigenvalue weighted by atomic mass is 10.0. The number of hydrogen-bond acceptors (Lipinski definition) is 7. The number of esters is 2. The topological polar surface area (TPSA) is 89.8 Å². The highest BCUT2D eigenvalue weighted by atomic mass is 79.9. The minimum Gasteiger partial charge on any atom is -0.467 e. The molecule has 0 spiro atoms. The van der Waals surface area contributed by atoms with E-state index in [-0.39, 0.29) is 5.57 Å². The quantitative estimate of drug-likeness (QED) is 0.177. The summed E-state index contributed by atoms with van der Waals surface area (Å²) >= 11 is 6.86. The van der Waals surface area contributed by atoms with Crippen molar-refractivity contribution >= 4 is 55.2 Å². The summed E-state index contributed by atoms with van der Waals surface area (Å²) in [5.41, 5.74) is 1.93. The predicted molar refractivity (Wildman–Crippen MR) is 139 cm³/mol. The molecule has 35 heavy (non-hydrogen) atoms. The van der Waals surface area contributed by atoms with E-state index in [2.05, 4.69) is 42.5 Å². The number of furan rings is 1. The lowest BCUT2D eigenvalue weighted by Gasteiger charge is -2.30. The van der Waals surface area contributed by atoms with Crippen molar-refractivity contribution in [2.75, 3.05) is 10.6 Å². The van der Waals surface area contributed by atoms with E-state index in [0.717, 1.165) is 20.3 Å². The molecule has 1 aromatic heterocycles. The van der Waals surface area contributed by atoms with Crippen LogP contribution in [0, 0.1) is 0 Å². The van der Waals surface area contributed by atoms with Gasteiger partial charge in [-0.05, 0) is 72.3 Å². The highest BCUT2D eigenvalue weighted by molar-refractivity contribution is 9.10. The molecule has 1 aliphatic heterocycles. The van der Waals surface area contributed by atoms with Crippen LogP contribution < -0.4 is 10.6 Å². The zero-order chi connectivity index (χ0) is 25.0. The van der Waals surface area contributed by atoms with E-state index in [1.807, 2.05) is 54.6 Å². The number of anilines is 2. The van der Waals surface area contributed by atoms with Crippen molar-refractivity contribution in [1.82, 2.24) is 0 Å². The number of rotatable bonds is 7. The van der Waals surface area contributed by atoms with E-state index in [1.165, 1.54) is 19.9 Å². The van der Waals surface area contributed by atoms with Crippen LogP contribution >= 0.6 is 31.9 Å². The molecule has 3 aromatic rings. The first-order valence-corrected chi connectivity index (χ1v) is 12.2. The highest BCUT2D eigenvalue weighted by Crippen LogP contribution is 2.32. The molecule has 1 atom stereocenters. The third-order valence-electron chi connectivity index (χ3n) is 4.99. The van der Waals surface area contributed by atoms with Crippen molar-refractivity contribution in [3.05, 3.63) is 105 Å². The van der Waals surface area contributed by atoms with E-state index in [1.54, 1.807) is 18.5 Å². The number of halogens is 2. The third kappa shape index (κ3) is 6.43. The van der Waals surface area contributed by atoms with Gasteiger partial charge in [-0.25, -0.2) is 9.59 Å². The maximum absolute atomic E-state index is 12.7. The summed E-state index contributed by atoms with van der Waals surface area (Å²) in [6.45, 7) is 3.01. The molecule has 1 fully saturated rings. The van der Waals surface area contributed by atoms with Crippen molar-refractivity contribution in [1.29, 1.82) is 0 Å². The molecule has 1 unspecified atom stereocenters. The van der Waals surface area contributed by atoms with Gasteiger partial charge in [-0.2, -0.15) is 0 Å². The summed E-state index contributed by atoms with van der Waals surface area (Å²) in [5.74, 6) is -2.28. The second kappa shape index (κ2) is 10.5. The summed E-state index contributed by atoms with van der Waals surface area (Å²) in [6, 6.07) is 18.2. The zero-order valence-electron chi connectivity index (χ0n) is 18.9. The lowest BCUT2D eigenvalue weighted by Crippen LogP contribution is -2.42.